The molecule has 4 rings (SSSR count). The van der Waals surface area contributed by atoms with Gasteiger partial charge in [-0.1, -0.05) is 42.5 Å². The van der Waals surface area contributed by atoms with Crippen LogP contribution in [0, 0.1) is 0 Å². The van der Waals surface area contributed by atoms with E-state index in [0.717, 1.165) is 35.0 Å². The topological polar surface area (TPSA) is 42.0 Å². The van der Waals surface area contributed by atoms with E-state index >= 15 is 0 Å². The van der Waals surface area contributed by atoms with Crippen LogP contribution in [0.15, 0.2) is 103 Å². The lowest BCUT2D eigenvalue weighted by atomic mass is 9.92. The predicted molar refractivity (Wildman–Crippen MR) is 134 cm³/mol. The number of benzene rings is 3. The zero-order valence-electron chi connectivity index (χ0n) is 19.9. The van der Waals surface area contributed by atoms with E-state index < -0.39 is 29.4 Å². The Bertz CT molecular complexity index is 1450. The fraction of sp³-hybridized carbons (Fsp3) is 0.103. The van der Waals surface area contributed by atoms with Gasteiger partial charge in [0.05, 0.1) is 11.1 Å². The lowest BCUT2D eigenvalue weighted by Gasteiger charge is -2.15. The summed E-state index contributed by atoms with van der Waals surface area (Å²) in [6.07, 6.45) is -3.10. The van der Waals surface area contributed by atoms with E-state index in [1.807, 2.05) is 6.07 Å². The van der Waals surface area contributed by atoms with Gasteiger partial charge in [0, 0.05) is 34.9 Å². The summed E-state index contributed by atoms with van der Waals surface area (Å²) in [5.74, 6) is -0.465. The fourth-order valence-corrected chi connectivity index (χ4v) is 3.96. The van der Waals surface area contributed by atoms with E-state index in [1.54, 1.807) is 37.5 Å². The molecule has 0 bridgehead atoms. The molecule has 0 aliphatic heterocycles. The number of carbonyl (C=O) groups excluding carboxylic acids is 1. The number of fused-ring (bicyclic) bond motifs is 1. The standard InChI is InChI=1S/C29H20F6N2O/c1-18(5-14-26(38)37-25-4-2-3-21-17-36-16-15-24(21)25)27(19-6-10-22(11-7-19)28(30,31)32)20-8-12-23(13-9-20)29(33,34)35/h2-17H,1H3,(H,37,38)/b14-5+. The molecule has 1 heterocycles. The second-order valence-corrected chi connectivity index (χ2v) is 8.43. The van der Waals surface area contributed by atoms with Crippen molar-refractivity contribution in [3.8, 4) is 0 Å². The molecular formula is C29H20F6N2O. The van der Waals surface area contributed by atoms with Crippen LogP contribution in [0.3, 0.4) is 0 Å². The van der Waals surface area contributed by atoms with Crippen molar-refractivity contribution < 1.29 is 31.1 Å². The second kappa shape index (κ2) is 10.5. The first-order chi connectivity index (χ1) is 17.9. The number of hydrogen-bond acceptors (Lipinski definition) is 2. The number of hydrogen-bond donors (Lipinski definition) is 1. The third-order valence-electron chi connectivity index (χ3n) is 5.82. The average Bonchev–Trinajstić information content (AvgIpc) is 2.87. The zero-order chi connectivity index (χ0) is 27.5. The Hall–Kier alpha value is -4.40. The van der Waals surface area contributed by atoms with Gasteiger partial charge in [-0.2, -0.15) is 26.3 Å². The molecule has 0 atom stereocenters. The summed E-state index contributed by atoms with van der Waals surface area (Å²) in [5, 5.41) is 4.40. The molecule has 0 fully saturated rings. The van der Waals surface area contributed by atoms with Gasteiger partial charge in [-0.3, -0.25) is 9.78 Å². The predicted octanol–water partition coefficient (Wildman–Crippen LogP) is 8.29. The third kappa shape index (κ3) is 6.11. The maximum absolute atomic E-state index is 13.1. The quantitative estimate of drug-likeness (QED) is 0.162. The van der Waals surface area contributed by atoms with Gasteiger partial charge >= 0.3 is 12.4 Å². The van der Waals surface area contributed by atoms with Gasteiger partial charge in [-0.05, 0) is 65.6 Å². The van der Waals surface area contributed by atoms with Crippen molar-refractivity contribution in [2.45, 2.75) is 19.3 Å². The molecule has 4 aromatic rings. The number of nitrogens with one attached hydrogen (secondary N) is 1. The van der Waals surface area contributed by atoms with Crippen LogP contribution in [0.2, 0.25) is 0 Å². The summed E-state index contributed by atoms with van der Waals surface area (Å²) in [6.45, 7) is 1.62. The molecule has 3 nitrogen and oxygen atoms in total. The first-order valence-electron chi connectivity index (χ1n) is 11.3. The third-order valence-corrected chi connectivity index (χ3v) is 5.82. The Morgan fingerprint density at radius 1 is 0.763 bits per heavy atom. The molecule has 0 saturated heterocycles. The van der Waals surface area contributed by atoms with E-state index in [1.165, 1.54) is 36.4 Å². The molecule has 0 unspecified atom stereocenters. The van der Waals surface area contributed by atoms with Crippen LogP contribution >= 0.6 is 0 Å². The highest BCUT2D eigenvalue weighted by Gasteiger charge is 2.31. The minimum Gasteiger partial charge on any atom is -0.322 e. The minimum atomic E-state index is -4.54. The van der Waals surface area contributed by atoms with Gasteiger partial charge in [0.25, 0.3) is 0 Å². The minimum absolute atomic E-state index is 0.349. The molecule has 1 N–H and O–H groups in total. The fourth-order valence-electron chi connectivity index (χ4n) is 3.96. The summed E-state index contributed by atoms with van der Waals surface area (Å²) in [4.78, 5) is 16.7. The van der Waals surface area contributed by atoms with E-state index in [2.05, 4.69) is 10.3 Å². The van der Waals surface area contributed by atoms with Gasteiger partial charge in [-0.25, -0.2) is 0 Å². The monoisotopic (exact) mass is 526 g/mol. The van der Waals surface area contributed by atoms with Gasteiger partial charge in [0.2, 0.25) is 5.91 Å². The molecule has 194 valence electrons. The van der Waals surface area contributed by atoms with Crippen molar-refractivity contribution in [2.24, 2.45) is 0 Å². The number of carbonyl (C=O) groups is 1. The number of rotatable bonds is 5. The molecule has 1 aromatic heterocycles. The highest BCUT2D eigenvalue weighted by molar-refractivity contribution is 6.06. The van der Waals surface area contributed by atoms with Crippen molar-refractivity contribution in [1.82, 2.24) is 4.98 Å². The summed E-state index contributed by atoms with van der Waals surface area (Å²) in [7, 11) is 0. The Morgan fingerprint density at radius 3 is 1.84 bits per heavy atom. The molecule has 0 radical (unpaired) electrons. The SMILES string of the molecule is CC(/C=C/C(=O)Nc1cccc2cnccc12)=C(c1ccc(C(F)(F)F)cc1)c1ccc(C(F)(F)F)cc1. The van der Waals surface area contributed by atoms with Crippen LogP contribution < -0.4 is 5.32 Å². The number of halogens is 6. The van der Waals surface area contributed by atoms with Crippen LogP contribution in [0.25, 0.3) is 16.3 Å². The second-order valence-electron chi connectivity index (χ2n) is 8.43. The maximum atomic E-state index is 13.1. The summed E-state index contributed by atoms with van der Waals surface area (Å²) < 4.78 is 78.4. The van der Waals surface area contributed by atoms with E-state index in [4.69, 9.17) is 0 Å². The van der Waals surface area contributed by atoms with Crippen LogP contribution in [-0.4, -0.2) is 10.9 Å². The molecule has 9 heteroatoms. The highest BCUT2D eigenvalue weighted by Crippen LogP contribution is 2.35. The molecule has 38 heavy (non-hydrogen) atoms. The Labute approximate surface area is 214 Å². The average molecular weight is 526 g/mol. The van der Waals surface area contributed by atoms with E-state index in [-0.39, 0.29) is 0 Å². The zero-order valence-corrected chi connectivity index (χ0v) is 19.9. The maximum Gasteiger partial charge on any atom is 0.416 e. The van der Waals surface area contributed by atoms with Crippen molar-refractivity contribution in [3.63, 3.8) is 0 Å². The van der Waals surface area contributed by atoms with Gasteiger partial charge in [0.15, 0.2) is 0 Å². The number of amides is 1. The Balaban J connectivity index is 1.69. The normalized spacial score (nSPS) is 12.1. The summed E-state index contributed by atoms with van der Waals surface area (Å²) >= 11 is 0. The molecule has 0 aliphatic rings. The molecule has 0 spiro atoms. The smallest absolute Gasteiger partial charge is 0.322 e. The van der Waals surface area contributed by atoms with Gasteiger partial charge < -0.3 is 5.32 Å². The van der Waals surface area contributed by atoms with Crippen LogP contribution in [0.4, 0.5) is 32.0 Å². The van der Waals surface area contributed by atoms with E-state index in [9.17, 15) is 31.1 Å². The van der Waals surface area contributed by atoms with Crippen molar-refractivity contribution in [1.29, 1.82) is 0 Å². The first-order valence-corrected chi connectivity index (χ1v) is 11.3. The molecular weight excluding hydrogens is 506 g/mol. The molecule has 0 saturated carbocycles. The lowest BCUT2D eigenvalue weighted by molar-refractivity contribution is -0.138. The number of alkyl halides is 6. The van der Waals surface area contributed by atoms with Crippen molar-refractivity contribution >= 4 is 27.9 Å². The lowest BCUT2D eigenvalue weighted by Crippen LogP contribution is -2.08. The van der Waals surface area contributed by atoms with Crippen LogP contribution in [0.1, 0.15) is 29.2 Å². The van der Waals surface area contributed by atoms with Crippen LogP contribution in [-0.2, 0) is 17.1 Å². The van der Waals surface area contributed by atoms with Crippen LogP contribution in [0.5, 0.6) is 0 Å². The molecule has 3 aromatic carbocycles. The number of aromatic nitrogens is 1. The Morgan fingerprint density at radius 2 is 1.32 bits per heavy atom. The first kappa shape index (κ1) is 26.7. The van der Waals surface area contributed by atoms with Gasteiger partial charge in [0.1, 0.15) is 0 Å². The number of pyridine rings is 1. The van der Waals surface area contributed by atoms with E-state index in [0.29, 0.717) is 28.0 Å². The van der Waals surface area contributed by atoms with Gasteiger partial charge in [-0.15, -0.1) is 0 Å². The largest absolute Gasteiger partial charge is 0.416 e. The number of allylic oxidation sites excluding steroid dienone is 2. The summed E-state index contributed by atoms with van der Waals surface area (Å²) in [6, 6.07) is 15.7. The summed E-state index contributed by atoms with van der Waals surface area (Å²) in [5.41, 5.74) is 0.391. The molecule has 1 amide bonds. The molecule has 0 aliphatic carbocycles. The van der Waals surface area contributed by atoms with Crippen molar-refractivity contribution in [2.75, 3.05) is 5.32 Å². The highest BCUT2D eigenvalue weighted by atomic mass is 19.4. The number of anilines is 1. The van der Waals surface area contributed by atoms with Crippen molar-refractivity contribution in [3.05, 3.63) is 125 Å². The number of nitrogens with zero attached hydrogens (tertiary/aromatic N) is 1. The Kier molecular flexibility index (Phi) is 7.39.